The molecule has 16 heavy (non-hydrogen) atoms. The molecule has 0 spiro atoms. The second-order valence-electron chi connectivity index (χ2n) is 4.82. The first-order chi connectivity index (χ1) is 7.77. The van der Waals surface area contributed by atoms with E-state index in [9.17, 15) is 4.79 Å². The van der Waals surface area contributed by atoms with Gasteiger partial charge in [-0.1, -0.05) is 19.3 Å². The topological polar surface area (TPSA) is 32.3 Å². The minimum Gasteiger partial charge on any atom is -0.349 e. The van der Waals surface area contributed by atoms with E-state index in [1.807, 2.05) is 0 Å². The summed E-state index contributed by atoms with van der Waals surface area (Å²) in [6, 6.07) is 0. The van der Waals surface area contributed by atoms with E-state index in [1.54, 1.807) is 0 Å². The Kier molecular flexibility index (Phi) is 4.16. The smallest absolute Gasteiger partial charge is 0.229 e. The summed E-state index contributed by atoms with van der Waals surface area (Å²) in [7, 11) is 0. The van der Waals surface area contributed by atoms with Gasteiger partial charge in [-0.2, -0.15) is 0 Å². The van der Waals surface area contributed by atoms with Gasteiger partial charge in [-0.3, -0.25) is 4.79 Å². The quantitative estimate of drug-likeness (QED) is 0.712. The molecule has 1 N–H and O–H groups in total. The predicted octanol–water partition coefficient (Wildman–Crippen LogP) is 2.06. The molecule has 0 aromatic heterocycles. The Balaban J connectivity index is 1.79. The van der Waals surface area contributed by atoms with Gasteiger partial charge >= 0.3 is 0 Å². The number of hydrogen-bond acceptors (Lipinski definition) is 2. The van der Waals surface area contributed by atoms with E-state index in [4.69, 9.17) is 12.2 Å². The van der Waals surface area contributed by atoms with E-state index in [1.165, 1.54) is 32.1 Å². The highest BCUT2D eigenvalue weighted by atomic mass is 32.1. The molecule has 0 bridgehead atoms. The maximum absolute atomic E-state index is 11.9. The summed E-state index contributed by atoms with van der Waals surface area (Å²) in [6.07, 6.45) is 8.12. The lowest BCUT2D eigenvalue weighted by atomic mass is 9.89. The van der Waals surface area contributed by atoms with Gasteiger partial charge in [0.05, 0.1) is 0 Å². The largest absolute Gasteiger partial charge is 0.349 e. The number of hydrogen-bond donors (Lipinski definition) is 1. The molecule has 0 aromatic carbocycles. The monoisotopic (exact) mass is 240 g/mol. The van der Waals surface area contributed by atoms with Crippen LogP contribution in [0.2, 0.25) is 0 Å². The average molecular weight is 240 g/mol. The molecule has 1 aliphatic heterocycles. The van der Waals surface area contributed by atoms with Crippen LogP contribution in [0.3, 0.4) is 0 Å². The molecule has 3 nitrogen and oxygen atoms in total. The third-order valence-electron chi connectivity index (χ3n) is 3.60. The van der Waals surface area contributed by atoms with Crippen LogP contribution in [0.5, 0.6) is 0 Å². The molecule has 0 unspecified atom stereocenters. The number of carbonyl (C=O) groups is 1. The molecule has 1 aliphatic carbocycles. The zero-order valence-electron chi connectivity index (χ0n) is 9.71. The van der Waals surface area contributed by atoms with E-state index in [-0.39, 0.29) is 11.8 Å². The Morgan fingerprint density at radius 3 is 2.31 bits per heavy atom. The first-order valence-electron chi connectivity index (χ1n) is 6.37. The van der Waals surface area contributed by atoms with Crippen LogP contribution in [0.1, 0.15) is 44.9 Å². The van der Waals surface area contributed by atoms with Crippen molar-refractivity contribution in [2.45, 2.75) is 44.9 Å². The first-order valence-corrected chi connectivity index (χ1v) is 6.78. The molecular weight excluding hydrogens is 220 g/mol. The van der Waals surface area contributed by atoms with Crippen LogP contribution in [0.25, 0.3) is 0 Å². The number of carbonyl (C=O) groups excluding carboxylic acids is 1. The molecule has 0 aromatic rings. The van der Waals surface area contributed by atoms with Gasteiger partial charge in [0.15, 0.2) is 5.11 Å². The zero-order valence-corrected chi connectivity index (χ0v) is 10.5. The first kappa shape index (κ1) is 11.8. The molecule has 2 fully saturated rings. The van der Waals surface area contributed by atoms with Crippen molar-refractivity contribution >= 4 is 23.2 Å². The normalized spacial score (nSPS) is 22.1. The van der Waals surface area contributed by atoms with Crippen LogP contribution < -0.4 is 5.32 Å². The van der Waals surface area contributed by atoms with Crippen LogP contribution >= 0.6 is 12.2 Å². The van der Waals surface area contributed by atoms with Crippen molar-refractivity contribution in [2.24, 2.45) is 5.92 Å². The summed E-state index contributed by atoms with van der Waals surface area (Å²) in [4.78, 5) is 14.0. The lowest BCUT2D eigenvalue weighted by molar-refractivity contribution is -0.124. The van der Waals surface area contributed by atoms with Crippen LogP contribution in [-0.4, -0.2) is 29.0 Å². The van der Waals surface area contributed by atoms with Gasteiger partial charge in [-0.05, 0) is 37.9 Å². The van der Waals surface area contributed by atoms with Crippen molar-refractivity contribution in [2.75, 3.05) is 13.1 Å². The number of thiocarbonyl (C=S) groups is 1. The van der Waals surface area contributed by atoms with E-state index in [2.05, 4.69) is 10.2 Å². The summed E-state index contributed by atoms with van der Waals surface area (Å²) in [5.74, 6) is 0.353. The Morgan fingerprint density at radius 2 is 1.69 bits per heavy atom. The van der Waals surface area contributed by atoms with E-state index in [0.717, 1.165) is 25.9 Å². The van der Waals surface area contributed by atoms with Crippen molar-refractivity contribution in [1.29, 1.82) is 0 Å². The van der Waals surface area contributed by atoms with Gasteiger partial charge in [0, 0.05) is 19.0 Å². The fourth-order valence-electron chi connectivity index (χ4n) is 2.57. The number of nitrogens with zero attached hydrogens (tertiary/aromatic N) is 1. The molecule has 0 atom stereocenters. The second-order valence-corrected chi connectivity index (χ2v) is 5.21. The molecular formula is C12H20N2OS. The third-order valence-corrected chi connectivity index (χ3v) is 3.96. The lowest BCUT2D eigenvalue weighted by Crippen LogP contribution is -2.43. The zero-order chi connectivity index (χ0) is 11.4. The van der Waals surface area contributed by atoms with Crippen LogP contribution in [0.15, 0.2) is 0 Å². The molecule has 1 amide bonds. The lowest BCUT2D eigenvalue weighted by Gasteiger charge is -2.24. The third kappa shape index (κ3) is 2.94. The standard InChI is InChI=1S/C12H20N2OS/c15-11(10-6-2-1-3-7-10)13-12(16)14-8-4-5-9-14/h10H,1-9H2,(H,13,15,16). The van der Waals surface area contributed by atoms with Gasteiger partial charge < -0.3 is 10.2 Å². The molecule has 1 heterocycles. The van der Waals surface area contributed by atoms with Gasteiger partial charge in [0.1, 0.15) is 0 Å². The van der Waals surface area contributed by atoms with Crippen molar-refractivity contribution in [3.63, 3.8) is 0 Å². The average Bonchev–Trinajstić information content (AvgIpc) is 2.83. The molecule has 4 heteroatoms. The van der Waals surface area contributed by atoms with E-state index >= 15 is 0 Å². The van der Waals surface area contributed by atoms with Crippen molar-refractivity contribution in [3.05, 3.63) is 0 Å². The maximum atomic E-state index is 11.9. The Hall–Kier alpha value is -0.640. The summed E-state index contributed by atoms with van der Waals surface area (Å²) in [5.41, 5.74) is 0. The van der Waals surface area contributed by atoms with Gasteiger partial charge in [0.25, 0.3) is 0 Å². The Morgan fingerprint density at radius 1 is 1.06 bits per heavy atom. The highest BCUT2D eigenvalue weighted by Gasteiger charge is 2.23. The molecule has 90 valence electrons. The summed E-state index contributed by atoms with van der Waals surface area (Å²) in [6.45, 7) is 2.01. The number of amides is 1. The second kappa shape index (κ2) is 5.62. The number of rotatable bonds is 1. The number of likely N-dealkylation sites (tertiary alicyclic amines) is 1. The van der Waals surface area contributed by atoms with E-state index in [0.29, 0.717) is 5.11 Å². The van der Waals surface area contributed by atoms with Crippen molar-refractivity contribution in [1.82, 2.24) is 10.2 Å². The SMILES string of the molecule is O=C(NC(=S)N1CCCC1)C1CCCCC1. The Labute approximate surface area is 103 Å². The molecule has 0 radical (unpaired) electrons. The molecule has 2 aliphatic rings. The van der Waals surface area contributed by atoms with Gasteiger partial charge in [0.2, 0.25) is 5.91 Å². The summed E-state index contributed by atoms with van der Waals surface area (Å²) < 4.78 is 0. The predicted molar refractivity (Wildman–Crippen MR) is 68.1 cm³/mol. The Bertz CT molecular complexity index is 268. The van der Waals surface area contributed by atoms with Crippen molar-refractivity contribution in [3.8, 4) is 0 Å². The van der Waals surface area contributed by atoms with Crippen molar-refractivity contribution < 1.29 is 4.79 Å². The highest BCUT2D eigenvalue weighted by molar-refractivity contribution is 7.80. The van der Waals surface area contributed by atoms with E-state index < -0.39 is 0 Å². The number of nitrogens with one attached hydrogen (secondary N) is 1. The van der Waals surface area contributed by atoms with Crippen LogP contribution in [0, 0.1) is 5.92 Å². The van der Waals surface area contributed by atoms with Crippen LogP contribution in [-0.2, 0) is 4.79 Å². The van der Waals surface area contributed by atoms with Gasteiger partial charge in [-0.15, -0.1) is 0 Å². The molecule has 1 saturated heterocycles. The summed E-state index contributed by atoms with van der Waals surface area (Å²) >= 11 is 5.25. The van der Waals surface area contributed by atoms with Gasteiger partial charge in [-0.25, -0.2) is 0 Å². The molecule has 2 rings (SSSR count). The fourth-order valence-corrected chi connectivity index (χ4v) is 2.85. The maximum Gasteiger partial charge on any atom is 0.229 e. The fraction of sp³-hybridized carbons (Fsp3) is 0.833. The minimum absolute atomic E-state index is 0.150. The minimum atomic E-state index is 0.150. The summed E-state index contributed by atoms with van der Waals surface area (Å²) in [5, 5.41) is 3.56. The highest BCUT2D eigenvalue weighted by Crippen LogP contribution is 2.23. The van der Waals surface area contributed by atoms with Crippen LogP contribution in [0.4, 0.5) is 0 Å². The molecule has 1 saturated carbocycles.